The second-order valence-corrected chi connectivity index (χ2v) is 6.84. The van der Waals surface area contributed by atoms with Crippen molar-refractivity contribution in [2.45, 2.75) is 13.8 Å². The van der Waals surface area contributed by atoms with Gasteiger partial charge in [0, 0.05) is 16.7 Å². The van der Waals surface area contributed by atoms with Gasteiger partial charge in [-0.3, -0.25) is 0 Å². The molecule has 2 aromatic carbocycles. The summed E-state index contributed by atoms with van der Waals surface area (Å²) >= 11 is 1.56. The second kappa shape index (κ2) is 8.30. The molecular formula is C21H19N5S. The zero-order valence-corrected chi connectivity index (χ0v) is 15.9. The van der Waals surface area contributed by atoms with Gasteiger partial charge in [0.1, 0.15) is 5.01 Å². The number of aromatic nitrogens is 1. The Morgan fingerprint density at radius 3 is 2.19 bits per heavy atom. The molecule has 0 atom stereocenters. The van der Waals surface area contributed by atoms with E-state index in [-0.39, 0.29) is 5.96 Å². The van der Waals surface area contributed by atoms with Crippen LogP contribution in [-0.4, -0.2) is 16.7 Å². The van der Waals surface area contributed by atoms with Crippen molar-refractivity contribution in [3.63, 3.8) is 0 Å². The van der Waals surface area contributed by atoms with Crippen LogP contribution in [0.15, 0.2) is 64.8 Å². The summed E-state index contributed by atoms with van der Waals surface area (Å²) in [5.74, 6) is 6.27. The third kappa shape index (κ3) is 4.81. The number of guanidine groups is 1. The van der Waals surface area contributed by atoms with Crippen LogP contribution in [-0.2, 0) is 0 Å². The van der Waals surface area contributed by atoms with E-state index in [4.69, 9.17) is 11.5 Å². The largest absolute Gasteiger partial charge is 0.369 e. The van der Waals surface area contributed by atoms with Gasteiger partial charge in [0.05, 0.1) is 16.3 Å². The first-order valence-corrected chi connectivity index (χ1v) is 9.13. The zero-order valence-electron chi connectivity index (χ0n) is 15.1. The predicted octanol–water partition coefficient (Wildman–Crippen LogP) is 3.52. The minimum atomic E-state index is -0.0658. The third-order valence-corrected chi connectivity index (χ3v) is 5.01. The van der Waals surface area contributed by atoms with Gasteiger partial charge < -0.3 is 11.5 Å². The summed E-state index contributed by atoms with van der Waals surface area (Å²) in [5, 5.41) is 8.66. The molecule has 0 spiro atoms. The summed E-state index contributed by atoms with van der Waals surface area (Å²) in [7, 11) is 0. The fourth-order valence-corrected chi connectivity index (χ4v) is 3.41. The standard InChI is InChI=1S/C21H19N5S/c1-14-19(15(2)25-26-21(22)23)27-20(24-14)18-12-10-17(11-13-18)9-8-16-6-4-3-5-7-16/h3-7,10-13H,1-2H3,(H4,22,23,26)/b25-15-. The first-order chi connectivity index (χ1) is 13.0. The maximum absolute atomic E-state index is 5.33. The quantitative estimate of drug-likeness (QED) is 0.319. The molecule has 0 bridgehead atoms. The number of nitrogens with two attached hydrogens (primary N) is 2. The Balaban J connectivity index is 1.82. The van der Waals surface area contributed by atoms with E-state index < -0.39 is 0 Å². The van der Waals surface area contributed by atoms with Gasteiger partial charge in [-0.05, 0) is 38.1 Å². The summed E-state index contributed by atoms with van der Waals surface area (Å²) in [5.41, 5.74) is 15.3. The van der Waals surface area contributed by atoms with E-state index in [9.17, 15) is 0 Å². The maximum Gasteiger partial charge on any atom is 0.211 e. The molecule has 5 nitrogen and oxygen atoms in total. The van der Waals surface area contributed by atoms with Crippen LogP contribution >= 0.6 is 11.3 Å². The van der Waals surface area contributed by atoms with E-state index in [1.807, 2.05) is 68.4 Å². The zero-order chi connectivity index (χ0) is 19.2. The highest BCUT2D eigenvalue weighted by Gasteiger charge is 2.12. The van der Waals surface area contributed by atoms with Gasteiger partial charge in [-0.15, -0.1) is 16.4 Å². The molecule has 4 N–H and O–H groups in total. The fourth-order valence-electron chi connectivity index (χ4n) is 2.40. The number of hydrogen-bond acceptors (Lipinski definition) is 4. The molecule has 0 saturated heterocycles. The molecule has 27 heavy (non-hydrogen) atoms. The van der Waals surface area contributed by atoms with E-state index in [1.54, 1.807) is 11.3 Å². The number of nitrogens with zero attached hydrogens (tertiary/aromatic N) is 3. The lowest BCUT2D eigenvalue weighted by Crippen LogP contribution is -2.22. The molecule has 0 radical (unpaired) electrons. The fraction of sp³-hybridized carbons (Fsp3) is 0.0952. The number of benzene rings is 2. The van der Waals surface area contributed by atoms with Gasteiger partial charge in [0.2, 0.25) is 5.96 Å². The maximum atomic E-state index is 5.33. The Morgan fingerprint density at radius 1 is 0.926 bits per heavy atom. The molecule has 0 aliphatic rings. The molecule has 6 heteroatoms. The number of aryl methyl sites for hydroxylation is 1. The number of thiazole rings is 1. The first-order valence-electron chi connectivity index (χ1n) is 8.31. The third-order valence-electron chi connectivity index (χ3n) is 3.70. The summed E-state index contributed by atoms with van der Waals surface area (Å²) in [6.45, 7) is 3.81. The van der Waals surface area contributed by atoms with Gasteiger partial charge in [0.15, 0.2) is 0 Å². The summed E-state index contributed by atoms with van der Waals surface area (Å²) < 4.78 is 0. The highest BCUT2D eigenvalue weighted by Crippen LogP contribution is 2.28. The Labute approximate surface area is 162 Å². The van der Waals surface area contributed by atoms with E-state index in [2.05, 4.69) is 27.0 Å². The van der Waals surface area contributed by atoms with Crippen molar-refractivity contribution >= 4 is 23.0 Å². The van der Waals surface area contributed by atoms with E-state index >= 15 is 0 Å². The van der Waals surface area contributed by atoms with Crippen LogP contribution in [0.25, 0.3) is 10.6 Å². The normalized spacial score (nSPS) is 10.8. The van der Waals surface area contributed by atoms with Crippen LogP contribution in [0.2, 0.25) is 0 Å². The van der Waals surface area contributed by atoms with Crippen molar-refractivity contribution in [2.24, 2.45) is 21.7 Å². The summed E-state index contributed by atoms with van der Waals surface area (Å²) in [4.78, 5) is 5.60. The van der Waals surface area contributed by atoms with Crippen molar-refractivity contribution in [1.82, 2.24) is 4.98 Å². The van der Waals surface area contributed by atoms with Crippen LogP contribution < -0.4 is 11.5 Å². The van der Waals surface area contributed by atoms with Gasteiger partial charge in [-0.2, -0.15) is 5.10 Å². The Morgan fingerprint density at radius 2 is 1.56 bits per heavy atom. The van der Waals surface area contributed by atoms with Crippen molar-refractivity contribution in [2.75, 3.05) is 0 Å². The smallest absolute Gasteiger partial charge is 0.211 e. The monoisotopic (exact) mass is 373 g/mol. The minimum absolute atomic E-state index is 0.0658. The highest BCUT2D eigenvalue weighted by atomic mass is 32.1. The molecule has 3 rings (SSSR count). The van der Waals surface area contributed by atoms with Gasteiger partial charge in [-0.1, -0.05) is 42.2 Å². The molecule has 1 aromatic heterocycles. The predicted molar refractivity (Wildman–Crippen MR) is 113 cm³/mol. The molecular weight excluding hydrogens is 354 g/mol. The SMILES string of the molecule is C/C(=N/N=C(N)N)c1sc(-c2ccc(C#Cc3ccccc3)cc2)nc1C. The molecule has 0 aliphatic heterocycles. The van der Waals surface area contributed by atoms with Crippen molar-refractivity contribution in [3.8, 4) is 22.4 Å². The van der Waals surface area contributed by atoms with Gasteiger partial charge >= 0.3 is 0 Å². The lowest BCUT2D eigenvalue weighted by molar-refractivity contribution is 1.19. The first kappa shape index (κ1) is 18.4. The van der Waals surface area contributed by atoms with Crippen molar-refractivity contribution in [3.05, 3.63) is 76.3 Å². The van der Waals surface area contributed by atoms with Crippen LogP contribution in [0.5, 0.6) is 0 Å². The summed E-state index contributed by atoms with van der Waals surface area (Å²) in [6.07, 6.45) is 0. The molecule has 0 saturated carbocycles. The van der Waals surface area contributed by atoms with Crippen LogP contribution in [0.3, 0.4) is 0 Å². The summed E-state index contributed by atoms with van der Waals surface area (Å²) in [6, 6.07) is 18.0. The van der Waals surface area contributed by atoms with Crippen molar-refractivity contribution in [1.29, 1.82) is 0 Å². The minimum Gasteiger partial charge on any atom is -0.369 e. The van der Waals surface area contributed by atoms with Crippen LogP contribution in [0, 0.1) is 18.8 Å². The average molecular weight is 373 g/mol. The topological polar surface area (TPSA) is 89.6 Å². The molecule has 3 aromatic rings. The molecule has 134 valence electrons. The van der Waals surface area contributed by atoms with Crippen LogP contribution in [0.1, 0.15) is 28.6 Å². The van der Waals surface area contributed by atoms with Crippen LogP contribution in [0.4, 0.5) is 0 Å². The Kier molecular flexibility index (Phi) is 5.64. The lowest BCUT2D eigenvalue weighted by Gasteiger charge is -1.96. The van der Waals surface area contributed by atoms with E-state index in [1.165, 1.54) is 0 Å². The Hall–Kier alpha value is -3.43. The van der Waals surface area contributed by atoms with E-state index in [0.717, 1.165) is 38.0 Å². The molecule has 0 fully saturated rings. The average Bonchev–Trinajstić information content (AvgIpc) is 3.07. The molecule has 0 unspecified atom stereocenters. The van der Waals surface area contributed by atoms with Crippen molar-refractivity contribution < 1.29 is 0 Å². The molecule has 0 amide bonds. The molecule has 1 heterocycles. The Bertz CT molecular complexity index is 1050. The van der Waals surface area contributed by atoms with Gasteiger partial charge in [-0.25, -0.2) is 4.98 Å². The lowest BCUT2D eigenvalue weighted by atomic mass is 10.1. The number of rotatable bonds is 3. The highest BCUT2D eigenvalue weighted by molar-refractivity contribution is 7.17. The van der Waals surface area contributed by atoms with Gasteiger partial charge in [0.25, 0.3) is 0 Å². The number of hydrogen-bond donors (Lipinski definition) is 2. The van der Waals surface area contributed by atoms with E-state index in [0.29, 0.717) is 0 Å². The second-order valence-electron chi connectivity index (χ2n) is 5.84. The molecule has 0 aliphatic carbocycles.